The second-order valence-electron chi connectivity index (χ2n) is 15.5. The van der Waals surface area contributed by atoms with Crippen molar-refractivity contribution in [2.24, 2.45) is 0 Å². The van der Waals surface area contributed by atoms with Gasteiger partial charge in [-0.15, -0.1) is 0 Å². The second kappa shape index (κ2) is 19.5. The van der Waals surface area contributed by atoms with Crippen molar-refractivity contribution in [1.82, 2.24) is 0 Å². The lowest BCUT2D eigenvalue weighted by molar-refractivity contribution is 0.102. The molecule has 4 nitrogen and oxygen atoms in total. The molecule has 0 atom stereocenters. The molecule has 0 saturated carbocycles. The molecule has 4 heteroatoms. The Morgan fingerprint density at radius 2 is 0.833 bits per heavy atom. The van der Waals surface area contributed by atoms with Crippen LogP contribution in [0.5, 0.6) is 0 Å². The van der Waals surface area contributed by atoms with E-state index in [-0.39, 0.29) is 5.91 Å². The summed E-state index contributed by atoms with van der Waals surface area (Å²) in [4.78, 5) is 14.0. The van der Waals surface area contributed by atoms with E-state index in [0.29, 0.717) is 22.6 Å². The zero-order valence-corrected chi connectivity index (χ0v) is 34.4. The average molecular weight is 784 g/mol. The zero-order valence-electron chi connectivity index (χ0n) is 34.4. The van der Waals surface area contributed by atoms with Crippen molar-refractivity contribution >= 4 is 39.9 Å². The van der Waals surface area contributed by atoms with E-state index < -0.39 is 0 Å². The molecule has 298 valence electrons. The molecule has 0 aliphatic heterocycles. The SMILES string of the molecule is C=C(Cc1ccc(NC(=C)c2cc(C(=C)Nc3ccc(CC(=C)c4ccccc4)cc3)cc(C(=O)Nc3ccc(CC(=C)C4=CCCC=C4)cc3)c2)cc1)C1=CCCC=C1. The maximum absolute atomic E-state index is 14.0. The topological polar surface area (TPSA) is 53.2 Å². The van der Waals surface area contributed by atoms with Crippen LogP contribution in [0.1, 0.15) is 69.4 Å². The van der Waals surface area contributed by atoms with Gasteiger partial charge in [0, 0.05) is 34.0 Å². The number of rotatable bonds is 17. The normalized spacial score (nSPS) is 13.1. The minimum absolute atomic E-state index is 0.233. The van der Waals surface area contributed by atoms with Crippen LogP contribution in [0.25, 0.3) is 17.0 Å². The predicted molar refractivity (Wildman–Crippen MR) is 257 cm³/mol. The summed E-state index contributed by atoms with van der Waals surface area (Å²) in [7, 11) is 0. The molecule has 1 amide bonds. The summed E-state index contributed by atoms with van der Waals surface area (Å²) in [6, 6.07) is 40.6. The van der Waals surface area contributed by atoms with E-state index in [9.17, 15) is 4.79 Å². The lowest BCUT2D eigenvalue weighted by atomic mass is 9.95. The smallest absolute Gasteiger partial charge is 0.255 e. The van der Waals surface area contributed by atoms with Gasteiger partial charge in [0.2, 0.25) is 0 Å². The van der Waals surface area contributed by atoms with Crippen LogP contribution in [0.4, 0.5) is 17.1 Å². The molecule has 0 aromatic heterocycles. The standard InChI is InChI=1S/C56H53N3O/c1-39(47-15-9-6-10-16-47)33-44-21-27-53(28-22-44)57-42(4)50-36-51(43(5)58-54-29-23-45(24-30-54)34-40(2)48-17-11-7-12-18-48)38-52(37-50)56(60)59-55-31-25-46(26-32-55)35-41(3)49-19-13-8-14-20-49/h6,9-11,13,15-32,36-38,57-58H,1-5,7-8,12,14,33-35H2,(H,59,60). The van der Waals surface area contributed by atoms with Gasteiger partial charge in [-0.2, -0.15) is 0 Å². The summed E-state index contributed by atoms with van der Waals surface area (Å²) >= 11 is 0. The van der Waals surface area contributed by atoms with Crippen LogP contribution < -0.4 is 16.0 Å². The first-order chi connectivity index (χ1) is 29.2. The van der Waals surface area contributed by atoms with Crippen LogP contribution in [-0.4, -0.2) is 5.91 Å². The Kier molecular flexibility index (Phi) is 13.3. The van der Waals surface area contributed by atoms with Crippen molar-refractivity contribution < 1.29 is 4.79 Å². The number of amides is 1. The molecular weight excluding hydrogens is 731 g/mol. The van der Waals surface area contributed by atoms with Crippen LogP contribution in [0.15, 0.2) is 213 Å². The molecule has 7 rings (SSSR count). The number of allylic oxidation sites excluding steroid dienone is 11. The third kappa shape index (κ3) is 11.1. The summed E-state index contributed by atoms with van der Waals surface area (Å²) in [5.74, 6) is -0.233. The van der Waals surface area contributed by atoms with Gasteiger partial charge in [-0.1, -0.05) is 136 Å². The largest absolute Gasteiger partial charge is 0.356 e. The number of hydrogen-bond donors (Lipinski definition) is 3. The molecule has 0 unspecified atom stereocenters. The Labute approximate surface area is 356 Å². The van der Waals surface area contributed by atoms with Crippen LogP contribution in [0.3, 0.4) is 0 Å². The van der Waals surface area contributed by atoms with Crippen molar-refractivity contribution in [3.8, 4) is 0 Å². The third-order valence-corrected chi connectivity index (χ3v) is 10.8. The quantitative estimate of drug-likeness (QED) is 0.0880. The fourth-order valence-corrected chi connectivity index (χ4v) is 7.39. The van der Waals surface area contributed by atoms with Gasteiger partial charge in [0.05, 0.1) is 0 Å². The molecule has 5 aromatic carbocycles. The van der Waals surface area contributed by atoms with Gasteiger partial charge < -0.3 is 16.0 Å². The maximum atomic E-state index is 14.0. The number of anilines is 3. The number of carbonyl (C=O) groups is 1. The van der Waals surface area contributed by atoms with Crippen molar-refractivity contribution in [3.05, 3.63) is 252 Å². The van der Waals surface area contributed by atoms with Crippen molar-refractivity contribution in [2.45, 2.75) is 44.9 Å². The Hall–Kier alpha value is -7.17. The summed E-state index contributed by atoms with van der Waals surface area (Å²) in [6.45, 7) is 21.7. The monoisotopic (exact) mass is 783 g/mol. The Balaban J connectivity index is 1.06. The lowest BCUT2D eigenvalue weighted by Gasteiger charge is -2.17. The van der Waals surface area contributed by atoms with Gasteiger partial charge in [0.1, 0.15) is 0 Å². The molecule has 0 radical (unpaired) electrons. The van der Waals surface area contributed by atoms with Gasteiger partial charge in [0.25, 0.3) is 5.91 Å². The van der Waals surface area contributed by atoms with E-state index >= 15 is 0 Å². The number of benzene rings is 5. The minimum Gasteiger partial charge on any atom is -0.356 e. The first kappa shape index (κ1) is 41.0. The molecule has 0 bridgehead atoms. The van der Waals surface area contributed by atoms with Gasteiger partial charge in [0.15, 0.2) is 0 Å². The van der Waals surface area contributed by atoms with E-state index in [2.05, 4.69) is 134 Å². The molecule has 5 aromatic rings. The van der Waals surface area contributed by atoms with Gasteiger partial charge in [-0.05, 0) is 161 Å². The Morgan fingerprint density at radius 3 is 1.25 bits per heavy atom. The fourth-order valence-electron chi connectivity index (χ4n) is 7.39. The highest BCUT2D eigenvalue weighted by Crippen LogP contribution is 2.28. The summed E-state index contributed by atoms with van der Waals surface area (Å²) < 4.78 is 0. The summed E-state index contributed by atoms with van der Waals surface area (Å²) in [6.07, 6.45) is 19.8. The molecule has 0 heterocycles. The maximum Gasteiger partial charge on any atom is 0.255 e. The lowest BCUT2D eigenvalue weighted by Crippen LogP contribution is -2.13. The van der Waals surface area contributed by atoms with Crippen LogP contribution in [0, 0.1) is 0 Å². The molecule has 2 aliphatic rings. The molecule has 60 heavy (non-hydrogen) atoms. The molecular formula is C56H53N3O. The van der Waals surface area contributed by atoms with Crippen LogP contribution in [-0.2, 0) is 19.3 Å². The number of carbonyl (C=O) groups excluding carboxylic acids is 1. The molecule has 3 N–H and O–H groups in total. The highest BCUT2D eigenvalue weighted by atomic mass is 16.1. The van der Waals surface area contributed by atoms with Crippen molar-refractivity contribution in [3.63, 3.8) is 0 Å². The van der Waals surface area contributed by atoms with E-state index in [0.717, 1.165) is 101 Å². The van der Waals surface area contributed by atoms with Crippen molar-refractivity contribution in [1.29, 1.82) is 0 Å². The summed E-state index contributed by atoms with van der Waals surface area (Å²) in [5.41, 5.74) is 16.1. The first-order valence-corrected chi connectivity index (χ1v) is 20.7. The fraction of sp³-hybridized carbons (Fsp3) is 0.125. The zero-order chi connectivity index (χ0) is 41.8. The van der Waals surface area contributed by atoms with E-state index in [1.165, 1.54) is 16.7 Å². The minimum atomic E-state index is -0.233. The van der Waals surface area contributed by atoms with Crippen LogP contribution in [0.2, 0.25) is 0 Å². The second-order valence-corrected chi connectivity index (χ2v) is 15.5. The average Bonchev–Trinajstić information content (AvgIpc) is 3.29. The Bertz CT molecular complexity index is 2420. The van der Waals surface area contributed by atoms with Gasteiger partial charge in [-0.25, -0.2) is 0 Å². The predicted octanol–water partition coefficient (Wildman–Crippen LogP) is 14.1. The number of hydrogen-bond acceptors (Lipinski definition) is 3. The van der Waals surface area contributed by atoms with E-state index in [1.54, 1.807) is 0 Å². The highest BCUT2D eigenvalue weighted by Gasteiger charge is 2.15. The molecule has 0 saturated heterocycles. The van der Waals surface area contributed by atoms with Crippen LogP contribution >= 0.6 is 0 Å². The third-order valence-electron chi connectivity index (χ3n) is 10.8. The van der Waals surface area contributed by atoms with E-state index in [4.69, 9.17) is 0 Å². The molecule has 0 spiro atoms. The number of nitrogens with one attached hydrogen (secondary N) is 3. The highest BCUT2D eigenvalue weighted by molar-refractivity contribution is 6.05. The van der Waals surface area contributed by atoms with Gasteiger partial charge in [-0.3, -0.25) is 4.79 Å². The van der Waals surface area contributed by atoms with Gasteiger partial charge >= 0.3 is 0 Å². The first-order valence-electron chi connectivity index (χ1n) is 20.7. The Morgan fingerprint density at radius 1 is 0.433 bits per heavy atom. The summed E-state index contributed by atoms with van der Waals surface area (Å²) in [5, 5.41) is 10.0. The van der Waals surface area contributed by atoms with E-state index in [1.807, 2.05) is 72.8 Å². The molecule has 0 fully saturated rings. The molecule has 2 aliphatic carbocycles. The van der Waals surface area contributed by atoms with Crippen molar-refractivity contribution in [2.75, 3.05) is 16.0 Å².